The number of hydrogen-bond donors (Lipinski definition) is 2. The molecule has 4 heteroatoms. The van der Waals surface area contributed by atoms with E-state index in [2.05, 4.69) is 16.4 Å². The fraction of sp³-hybridized carbons (Fsp3) is 0.214. The fourth-order valence-electron chi connectivity index (χ4n) is 2.13. The number of aromatic nitrogens is 1. The Labute approximate surface area is 106 Å². The van der Waals surface area contributed by atoms with Crippen molar-refractivity contribution in [3.63, 3.8) is 0 Å². The fourth-order valence-corrected chi connectivity index (χ4v) is 2.13. The predicted molar refractivity (Wildman–Crippen MR) is 71.7 cm³/mol. The molecule has 0 saturated heterocycles. The Bertz CT molecular complexity index is 531. The summed E-state index contributed by atoms with van der Waals surface area (Å²) in [6, 6.07) is 11.7. The number of nitrogens with zero attached hydrogens (tertiary/aromatic N) is 1. The van der Waals surface area contributed by atoms with Crippen LogP contribution in [0.15, 0.2) is 42.6 Å². The minimum absolute atomic E-state index is 0.158. The molecule has 3 N–H and O–H groups in total. The van der Waals surface area contributed by atoms with E-state index in [0.717, 1.165) is 24.5 Å². The molecule has 1 unspecified atom stereocenters. The van der Waals surface area contributed by atoms with Crippen molar-refractivity contribution < 1.29 is 4.74 Å². The Kier molecular flexibility index (Phi) is 2.76. The summed E-state index contributed by atoms with van der Waals surface area (Å²) in [5.74, 6) is 1.78. The SMILES string of the molecule is Nc1ccnc(NCC2Cc3ccccc3O2)c1. The summed E-state index contributed by atoms with van der Waals surface area (Å²) in [4.78, 5) is 4.20. The average Bonchev–Trinajstić information content (AvgIpc) is 2.79. The summed E-state index contributed by atoms with van der Waals surface area (Å²) in [7, 11) is 0. The van der Waals surface area contributed by atoms with Crippen LogP contribution >= 0.6 is 0 Å². The van der Waals surface area contributed by atoms with Gasteiger partial charge in [-0.1, -0.05) is 18.2 Å². The second kappa shape index (κ2) is 4.56. The van der Waals surface area contributed by atoms with Gasteiger partial charge in [0.15, 0.2) is 0 Å². The molecule has 92 valence electrons. The molecule has 2 heterocycles. The van der Waals surface area contributed by atoms with Gasteiger partial charge in [0.25, 0.3) is 0 Å². The molecule has 4 nitrogen and oxygen atoms in total. The Morgan fingerprint density at radius 2 is 2.22 bits per heavy atom. The molecule has 0 amide bonds. The zero-order chi connectivity index (χ0) is 12.4. The van der Waals surface area contributed by atoms with Crippen LogP contribution in [0, 0.1) is 0 Å². The van der Waals surface area contributed by atoms with E-state index in [-0.39, 0.29) is 6.10 Å². The van der Waals surface area contributed by atoms with Gasteiger partial charge in [-0.05, 0) is 17.7 Å². The van der Waals surface area contributed by atoms with Crippen molar-refractivity contribution in [2.24, 2.45) is 0 Å². The van der Waals surface area contributed by atoms with Gasteiger partial charge in [-0.15, -0.1) is 0 Å². The maximum atomic E-state index is 5.84. The van der Waals surface area contributed by atoms with Crippen LogP contribution in [0.4, 0.5) is 11.5 Å². The van der Waals surface area contributed by atoms with Crippen LogP contribution in [-0.2, 0) is 6.42 Å². The lowest BCUT2D eigenvalue weighted by Crippen LogP contribution is -2.24. The number of pyridine rings is 1. The number of nitrogens with one attached hydrogen (secondary N) is 1. The summed E-state index contributed by atoms with van der Waals surface area (Å²) in [5, 5.41) is 3.25. The molecule has 0 spiro atoms. The Hall–Kier alpha value is -2.23. The van der Waals surface area contributed by atoms with Crippen molar-refractivity contribution in [2.75, 3.05) is 17.6 Å². The van der Waals surface area contributed by atoms with Crippen LogP contribution in [0.5, 0.6) is 5.75 Å². The minimum Gasteiger partial charge on any atom is -0.488 e. The van der Waals surface area contributed by atoms with Crippen LogP contribution in [0.3, 0.4) is 0 Å². The summed E-state index contributed by atoms with van der Waals surface area (Å²) in [6.45, 7) is 0.727. The third-order valence-electron chi connectivity index (χ3n) is 3.01. The van der Waals surface area contributed by atoms with Gasteiger partial charge in [0.05, 0.1) is 6.54 Å². The number of anilines is 2. The highest BCUT2D eigenvalue weighted by Gasteiger charge is 2.21. The molecule has 1 aromatic heterocycles. The first-order valence-electron chi connectivity index (χ1n) is 6.01. The van der Waals surface area contributed by atoms with Crippen molar-refractivity contribution in [2.45, 2.75) is 12.5 Å². The van der Waals surface area contributed by atoms with E-state index >= 15 is 0 Å². The van der Waals surface area contributed by atoms with Crippen LogP contribution in [0.1, 0.15) is 5.56 Å². The molecular formula is C14H15N3O. The van der Waals surface area contributed by atoms with Crippen LogP contribution in [0.25, 0.3) is 0 Å². The standard InChI is InChI=1S/C14H15N3O/c15-11-5-6-16-14(8-11)17-9-12-7-10-3-1-2-4-13(10)18-12/h1-6,8,12H,7,9H2,(H3,15,16,17). The molecule has 0 saturated carbocycles. The summed E-state index contributed by atoms with van der Waals surface area (Å²) >= 11 is 0. The van der Waals surface area contributed by atoms with E-state index in [0.29, 0.717) is 5.69 Å². The number of nitrogens with two attached hydrogens (primary N) is 1. The predicted octanol–water partition coefficient (Wildman–Crippen LogP) is 2.08. The summed E-state index contributed by atoms with van der Waals surface area (Å²) < 4.78 is 5.84. The molecule has 0 fully saturated rings. The van der Waals surface area contributed by atoms with Crippen LogP contribution in [0.2, 0.25) is 0 Å². The zero-order valence-corrected chi connectivity index (χ0v) is 9.97. The molecule has 0 aliphatic carbocycles. The number of benzene rings is 1. The van der Waals surface area contributed by atoms with Crippen molar-refractivity contribution in [3.05, 3.63) is 48.2 Å². The van der Waals surface area contributed by atoms with E-state index in [1.54, 1.807) is 12.3 Å². The number of hydrogen-bond acceptors (Lipinski definition) is 4. The van der Waals surface area contributed by atoms with Gasteiger partial charge in [0.2, 0.25) is 0 Å². The smallest absolute Gasteiger partial charge is 0.128 e. The quantitative estimate of drug-likeness (QED) is 0.863. The maximum Gasteiger partial charge on any atom is 0.128 e. The highest BCUT2D eigenvalue weighted by atomic mass is 16.5. The van der Waals surface area contributed by atoms with Crippen LogP contribution in [-0.4, -0.2) is 17.6 Å². The molecule has 1 aliphatic heterocycles. The molecule has 0 bridgehead atoms. The molecule has 1 atom stereocenters. The van der Waals surface area contributed by atoms with E-state index in [1.165, 1.54) is 5.56 Å². The van der Waals surface area contributed by atoms with Gasteiger partial charge < -0.3 is 15.8 Å². The largest absolute Gasteiger partial charge is 0.488 e. The van der Waals surface area contributed by atoms with E-state index in [9.17, 15) is 0 Å². The first kappa shape index (κ1) is 10.9. The Morgan fingerprint density at radius 1 is 1.33 bits per heavy atom. The van der Waals surface area contributed by atoms with Gasteiger partial charge >= 0.3 is 0 Å². The molecule has 1 aliphatic rings. The Balaban J connectivity index is 1.60. The number of fused-ring (bicyclic) bond motifs is 1. The number of ether oxygens (including phenoxy) is 1. The third-order valence-corrected chi connectivity index (χ3v) is 3.01. The number of nitrogen functional groups attached to an aromatic ring is 1. The molecule has 18 heavy (non-hydrogen) atoms. The monoisotopic (exact) mass is 241 g/mol. The average molecular weight is 241 g/mol. The van der Waals surface area contributed by atoms with Crippen molar-refractivity contribution >= 4 is 11.5 Å². The minimum atomic E-state index is 0.158. The van der Waals surface area contributed by atoms with Crippen LogP contribution < -0.4 is 15.8 Å². The van der Waals surface area contributed by atoms with Gasteiger partial charge in [0, 0.05) is 24.4 Å². The second-order valence-electron chi connectivity index (χ2n) is 4.41. The van der Waals surface area contributed by atoms with E-state index in [4.69, 9.17) is 10.5 Å². The molecule has 1 aromatic carbocycles. The lowest BCUT2D eigenvalue weighted by atomic mass is 10.1. The Morgan fingerprint density at radius 3 is 3.06 bits per heavy atom. The summed E-state index contributed by atoms with van der Waals surface area (Å²) in [5.41, 5.74) is 7.68. The topological polar surface area (TPSA) is 60.2 Å². The molecular weight excluding hydrogens is 226 g/mol. The first-order chi connectivity index (χ1) is 8.81. The number of para-hydroxylation sites is 1. The molecule has 0 radical (unpaired) electrons. The van der Waals surface area contributed by atoms with Crippen molar-refractivity contribution in [3.8, 4) is 5.75 Å². The van der Waals surface area contributed by atoms with Gasteiger partial charge in [-0.2, -0.15) is 0 Å². The summed E-state index contributed by atoms with van der Waals surface area (Å²) in [6.07, 6.45) is 2.79. The van der Waals surface area contributed by atoms with Gasteiger partial charge in [-0.25, -0.2) is 4.98 Å². The van der Waals surface area contributed by atoms with Crippen molar-refractivity contribution in [1.82, 2.24) is 4.98 Å². The zero-order valence-electron chi connectivity index (χ0n) is 9.97. The maximum absolute atomic E-state index is 5.84. The van der Waals surface area contributed by atoms with Gasteiger partial charge in [-0.3, -0.25) is 0 Å². The second-order valence-corrected chi connectivity index (χ2v) is 4.41. The highest BCUT2D eigenvalue weighted by molar-refractivity contribution is 5.48. The highest BCUT2D eigenvalue weighted by Crippen LogP contribution is 2.28. The first-order valence-corrected chi connectivity index (χ1v) is 6.01. The normalized spacial score (nSPS) is 17.0. The number of rotatable bonds is 3. The van der Waals surface area contributed by atoms with Crippen molar-refractivity contribution in [1.29, 1.82) is 0 Å². The van der Waals surface area contributed by atoms with E-state index in [1.807, 2.05) is 24.3 Å². The third kappa shape index (κ3) is 2.22. The van der Waals surface area contributed by atoms with Gasteiger partial charge in [0.1, 0.15) is 17.7 Å². The lowest BCUT2D eigenvalue weighted by molar-refractivity contribution is 0.246. The lowest BCUT2D eigenvalue weighted by Gasteiger charge is -2.12. The molecule has 2 aromatic rings. The van der Waals surface area contributed by atoms with E-state index < -0.39 is 0 Å². The molecule has 3 rings (SSSR count).